The Labute approximate surface area is 134 Å². The Bertz CT molecular complexity index is 401. The third-order valence-corrected chi connectivity index (χ3v) is 3.86. The molecule has 2 heterocycles. The van der Waals surface area contributed by atoms with Crippen molar-refractivity contribution in [1.82, 2.24) is 15.2 Å². The average molecular weight is 315 g/mol. The summed E-state index contributed by atoms with van der Waals surface area (Å²) < 4.78 is 5.09. The maximum Gasteiger partial charge on any atom is 0.128 e. The van der Waals surface area contributed by atoms with Crippen LogP contribution in [-0.2, 0) is 11.3 Å². The van der Waals surface area contributed by atoms with Gasteiger partial charge in [0.05, 0.1) is 6.61 Å². The minimum Gasteiger partial charge on any atom is -0.383 e. The highest BCUT2D eigenvalue weighted by molar-refractivity contribution is 5.85. The zero-order chi connectivity index (χ0) is 14.4. The molecular formula is C15H27ClN4O. The van der Waals surface area contributed by atoms with Crippen LogP contribution in [0.5, 0.6) is 0 Å². The molecule has 2 rings (SSSR count). The van der Waals surface area contributed by atoms with E-state index in [1.807, 2.05) is 13.2 Å². The SMILES string of the molecule is COCCN(C)c1ccc(CN2CCNC[C@@H]2C)cn1.Cl. The van der Waals surface area contributed by atoms with Crippen LogP contribution < -0.4 is 10.2 Å². The van der Waals surface area contributed by atoms with Gasteiger partial charge in [-0.3, -0.25) is 4.90 Å². The Morgan fingerprint density at radius 1 is 1.48 bits per heavy atom. The number of ether oxygens (including phenoxy) is 1. The maximum absolute atomic E-state index is 5.09. The van der Waals surface area contributed by atoms with Crippen molar-refractivity contribution in [2.75, 3.05) is 51.8 Å². The number of rotatable bonds is 6. The first kappa shape index (κ1) is 18.2. The maximum atomic E-state index is 5.09. The van der Waals surface area contributed by atoms with Gasteiger partial charge in [-0.1, -0.05) is 6.07 Å². The van der Waals surface area contributed by atoms with Gasteiger partial charge in [0.1, 0.15) is 5.82 Å². The summed E-state index contributed by atoms with van der Waals surface area (Å²) in [4.78, 5) is 9.16. The number of hydrogen-bond acceptors (Lipinski definition) is 5. The highest BCUT2D eigenvalue weighted by Crippen LogP contribution is 2.13. The molecule has 1 aromatic rings. The van der Waals surface area contributed by atoms with Gasteiger partial charge in [0.2, 0.25) is 0 Å². The molecule has 0 spiro atoms. The van der Waals surface area contributed by atoms with E-state index in [1.165, 1.54) is 5.56 Å². The van der Waals surface area contributed by atoms with Crippen molar-refractivity contribution in [3.63, 3.8) is 0 Å². The van der Waals surface area contributed by atoms with Gasteiger partial charge in [-0.05, 0) is 18.6 Å². The van der Waals surface area contributed by atoms with Gasteiger partial charge in [-0.25, -0.2) is 4.98 Å². The lowest BCUT2D eigenvalue weighted by Gasteiger charge is -2.33. The van der Waals surface area contributed by atoms with Crippen molar-refractivity contribution in [3.05, 3.63) is 23.9 Å². The molecule has 120 valence electrons. The molecule has 0 aromatic carbocycles. The van der Waals surface area contributed by atoms with Crippen LogP contribution in [0.15, 0.2) is 18.3 Å². The summed E-state index contributed by atoms with van der Waals surface area (Å²) in [7, 11) is 3.76. The molecule has 0 radical (unpaired) electrons. The Kier molecular flexibility index (Phi) is 7.96. The summed E-state index contributed by atoms with van der Waals surface area (Å²) in [5.74, 6) is 0.999. The Morgan fingerprint density at radius 2 is 2.29 bits per heavy atom. The smallest absolute Gasteiger partial charge is 0.128 e. The van der Waals surface area contributed by atoms with E-state index >= 15 is 0 Å². The van der Waals surface area contributed by atoms with Gasteiger partial charge in [0, 0.05) is 59.1 Å². The van der Waals surface area contributed by atoms with E-state index in [-0.39, 0.29) is 12.4 Å². The number of methoxy groups -OCH3 is 1. The number of likely N-dealkylation sites (N-methyl/N-ethyl adjacent to an activating group) is 1. The molecule has 1 aliphatic heterocycles. The number of anilines is 1. The summed E-state index contributed by atoms with van der Waals surface area (Å²) >= 11 is 0. The van der Waals surface area contributed by atoms with Gasteiger partial charge < -0.3 is 15.0 Å². The second kappa shape index (κ2) is 9.20. The van der Waals surface area contributed by atoms with Crippen LogP contribution in [0.25, 0.3) is 0 Å². The van der Waals surface area contributed by atoms with Crippen LogP contribution in [0.4, 0.5) is 5.82 Å². The molecule has 1 fully saturated rings. The van der Waals surface area contributed by atoms with Crippen LogP contribution in [0.2, 0.25) is 0 Å². The highest BCUT2D eigenvalue weighted by atomic mass is 35.5. The molecule has 0 amide bonds. The summed E-state index contributed by atoms with van der Waals surface area (Å²) in [5.41, 5.74) is 1.28. The van der Waals surface area contributed by atoms with E-state index in [0.717, 1.165) is 45.1 Å². The molecule has 0 aliphatic carbocycles. The lowest BCUT2D eigenvalue weighted by Crippen LogP contribution is -2.49. The first-order valence-electron chi connectivity index (χ1n) is 7.30. The predicted octanol–water partition coefficient (Wildman–Crippen LogP) is 1.38. The van der Waals surface area contributed by atoms with Crippen molar-refractivity contribution in [2.45, 2.75) is 19.5 Å². The van der Waals surface area contributed by atoms with E-state index in [9.17, 15) is 0 Å². The normalized spacial score (nSPS) is 19.1. The monoisotopic (exact) mass is 314 g/mol. The van der Waals surface area contributed by atoms with E-state index in [4.69, 9.17) is 4.74 Å². The van der Waals surface area contributed by atoms with Crippen LogP contribution in [0.3, 0.4) is 0 Å². The van der Waals surface area contributed by atoms with Crippen molar-refractivity contribution in [1.29, 1.82) is 0 Å². The molecule has 1 N–H and O–H groups in total. The van der Waals surface area contributed by atoms with Crippen molar-refractivity contribution in [2.24, 2.45) is 0 Å². The molecule has 1 aliphatic rings. The predicted molar refractivity (Wildman–Crippen MR) is 89.4 cm³/mol. The zero-order valence-corrected chi connectivity index (χ0v) is 14.0. The third-order valence-electron chi connectivity index (χ3n) is 3.86. The van der Waals surface area contributed by atoms with Gasteiger partial charge >= 0.3 is 0 Å². The molecule has 6 heteroatoms. The van der Waals surface area contributed by atoms with Crippen LogP contribution in [0, 0.1) is 0 Å². The molecule has 1 atom stereocenters. The lowest BCUT2D eigenvalue weighted by molar-refractivity contribution is 0.165. The van der Waals surface area contributed by atoms with Gasteiger partial charge in [-0.2, -0.15) is 0 Å². The Balaban J connectivity index is 0.00000220. The number of piperazine rings is 1. The van der Waals surface area contributed by atoms with Crippen LogP contribution >= 0.6 is 12.4 Å². The molecular weight excluding hydrogens is 288 g/mol. The largest absolute Gasteiger partial charge is 0.383 e. The summed E-state index contributed by atoms with van der Waals surface area (Å²) in [6.45, 7) is 8.10. The van der Waals surface area contributed by atoms with E-state index in [2.05, 4.69) is 39.2 Å². The molecule has 5 nitrogen and oxygen atoms in total. The minimum absolute atomic E-state index is 0. The molecule has 0 bridgehead atoms. The molecule has 0 saturated carbocycles. The number of halogens is 1. The van der Waals surface area contributed by atoms with Crippen molar-refractivity contribution < 1.29 is 4.74 Å². The number of pyridine rings is 1. The number of nitrogens with zero attached hydrogens (tertiary/aromatic N) is 3. The van der Waals surface area contributed by atoms with Gasteiger partial charge in [0.25, 0.3) is 0 Å². The van der Waals surface area contributed by atoms with Gasteiger partial charge in [-0.15, -0.1) is 12.4 Å². The van der Waals surface area contributed by atoms with Crippen molar-refractivity contribution >= 4 is 18.2 Å². The first-order valence-corrected chi connectivity index (χ1v) is 7.30. The van der Waals surface area contributed by atoms with Crippen LogP contribution in [-0.4, -0.2) is 62.9 Å². The minimum atomic E-state index is 0. The second-order valence-electron chi connectivity index (χ2n) is 5.46. The van der Waals surface area contributed by atoms with E-state index < -0.39 is 0 Å². The molecule has 21 heavy (non-hydrogen) atoms. The average Bonchev–Trinajstić information content (AvgIpc) is 2.48. The Hall–Kier alpha value is -0.880. The molecule has 0 unspecified atom stereocenters. The fourth-order valence-corrected chi connectivity index (χ4v) is 2.43. The topological polar surface area (TPSA) is 40.6 Å². The van der Waals surface area contributed by atoms with E-state index in [0.29, 0.717) is 6.04 Å². The summed E-state index contributed by atoms with van der Waals surface area (Å²) in [5, 5.41) is 3.42. The third kappa shape index (κ3) is 5.43. The highest BCUT2D eigenvalue weighted by Gasteiger charge is 2.17. The fourth-order valence-electron chi connectivity index (χ4n) is 2.43. The number of hydrogen-bond donors (Lipinski definition) is 1. The summed E-state index contributed by atoms with van der Waals surface area (Å²) in [6.07, 6.45) is 1.99. The van der Waals surface area contributed by atoms with Crippen molar-refractivity contribution in [3.8, 4) is 0 Å². The Morgan fingerprint density at radius 3 is 2.90 bits per heavy atom. The quantitative estimate of drug-likeness (QED) is 0.859. The summed E-state index contributed by atoms with van der Waals surface area (Å²) in [6, 6.07) is 4.87. The molecule has 1 saturated heterocycles. The number of nitrogens with one attached hydrogen (secondary N) is 1. The zero-order valence-electron chi connectivity index (χ0n) is 13.2. The van der Waals surface area contributed by atoms with E-state index in [1.54, 1.807) is 7.11 Å². The lowest BCUT2D eigenvalue weighted by atomic mass is 10.2. The van der Waals surface area contributed by atoms with Gasteiger partial charge in [0.15, 0.2) is 0 Å². The van der Waals surface area contributed by atoms with Crippen LogP contribution in [0.1, 0.15) is 12.5 Å². The number of aromatic nitrogens is 1. The fraction of sp³-hybridized carbons (Fsp3) is 0.667. The molecule has 1 aromatic heterocycles. The first-order chi connectivity index (χ1) is 9.70. The second-order valence-corrected chi connectivity index (χ2v) is 5.46. The standard InChI is InChI=1S/C15H26N4O.ClH/c1-13-10-16-6-7-19(13)12-14-4-5-15(17-11-14)18(2)8-9-20-3;/h4-5,11,13,16H,6-10,12H2,1-3H3;1H/t13-;/m0./s1.